The quantitative estimate of drug-likeness (QED) is 0.746. The average Bonchev–Trinajstić information content (AvgIpc) is 3.17. The number of ketones is 1. The summed E-state index contributed by atoms with van der Waals surface area (Å²) in [6, 6.07) is 8.59. The fourth-order valence-corrected chi connectivity index (χ4v) is 9.26. The van der Waals surface area contributed by atoms with Crippen LogP contribution in [0.4, 0.5) is 0 Å². The molecular weight excluding hydrogens is 390 g/mol. The van der Waals surface area contributed by atoms with Crippen LogP contribution in [0.3, 0.4) is 0 Å². The molecule has 0 aromatic heterocycles. The number of nitrogens with zero attached hydrogens (tertiary/aromatic N) is 1. The van der Waals surface area contributed by atoms with Crippen LogP contribution < -0.4 is 0 Å². The average molecular weight is 412 g/mol. The van der Waals surface area contributed by atoms with E-state index in [1.165, 1.54) is 12.0 Å². The molecule has 8 atom stereocenters. The highest BCUT2D eigenvalue weighted by atomic mass is 79.9. The lowest BCUT2D eigenvalue weighted by atomic mass is 9.31. The van der Waals surface area contributed by atoms with E-state index in [1.54, 1.807) is 0 Å². The van der Waals surface area contributed by atoms with Crippen molar-refractivity contribution in [1.82, 2.24) is 4.90 Å². The monoisotopic (exact) mass is 411 g/mol. The van der Waals surface area contributed by atoms with Crippen LogP contribution >= 0.6 is 15.9 Å². The second-order valence-electron chi connectivity index (χ2n) is 9.65. The molecule has 6 aliphatic carbocycles. The minimum atomic E-state index is -0.216. The Morgan fingerprint density at radius 2 is 1.96 bits per heavy atom. The summed E-state index contributed by atoms with van der Waals surface area (Å²) in [6.45, 7) is 1.73. The van der Waals surface area contributed by atoms with E-state index < -0.39 is 0 Å². The minimum absolute atomic E-state index is 0.126. The van der Waals surface area contributed by atoms with Gasteiger partial charge in [0, 0.05) is 29.4 Å². The second kappa shape index (κ2) is 4.45. The first-order chi connectivity index (χ1) is 12.6. The van der Waals surface area contributed by atoms with Crippen LogP contribution in [-0.2, 0) is 9.59 Å². The zero-order valence-corrected chi connectivity index (χ0v) is 16.2. The normalized spacial score (nSPS) is 49.5. The van der Waals surface area contributed by atoms with Gasteiger partial charge < -0.3 is 4.90 Å². The highest BCUT2D eigenvalue weighted by Gasteiger charge is 2.96. The summed E-state index contributed by atoms with van der Waals surface area (Å²) in [4.78, 5) is 28.5. The van der Waals surface area contributed by atoms with Gasteiger partial charge in [-0.1, -0.05) is 28.1 Å². The van der Waals surface area contributed by atoms with E-state index in [0.29, 0.717) is 41.3 Å². The summed E-state index contributed by atoms with van der Waals surface area (Å²) < 4.78 is 1.13. The molecule has 0 radical (unpaired) electrons. The summed E-state index contributed by atoms with van der Waals surface area (Å²) in [5.74, 6) is 4.83. The van der Waals surface area contributed by atoms with Gasteiger partial charge in [0.05, 0.1) is 5.41 Å². The highest BCUT2D eigenvalue weighted by molar-refractivity contribution is 9.10. The third kappa shape index (κ3) is 1.32. The topological polar surface area (TPSA) is 37.4 Å². The van der Waals surface area contributed by atoms with Gasteiger partial charge in [-0.25, -0.2) is 0 Å². The third-order valence-electron chi connectivity index (χ3n) is 9.33. The number of carbonyl (C=O) groups excluding carboxylic acids is 2. The van der Waals surface area contributed by atoms with Gasteiger partial charge in [0.1, 0.15) is 5.78 Å². The van der Waals surface area contributed by atoms with Crippen LogP contribution in [0.1, 0.15) is 30.7 Å². The Hall–Kier alpha value is -1.16. The van der Waals surface area contributed by atoms with Gasteiger partial charge in [0.2, 0.25) is 5.91 Å². The lowest BCUT2D eigenvalue weighted by Crippen LogP contribution is -2.75. The maximum atomic E-state index is 13.6. The molecule has 8 rings (SSSR count). The number of amides is 1. The smallest absolute Gasteiger partial charge is 0.230 e. The molecule has 4 bridgehead atoms. The fourth-order valence-electron chi connectivity index (χ4n) is 8.84. The lowest BCUT2D eigenvalue weighted by Gasteiger charge is -2.71. The molecule has 7 fully saturated rings. The van der Waals surface area contributed by atoms with Gasteiger partial charge in [-0.05, 0) is 72.5 Å². The number of hydrogen-bond acceptors (Lipinski definition) is 2. The Labute approximate surface area is 161 Å². The van der Waals surface area contributed by atoms with Crippen molar-refractivity contribution in [2.24, 2.45) is 46.8 Å². The SMILES string of the molecule is O=C1C2C3CC4C2C2(C(=O)N5CCC(c6cccc(Br)c6)CC5)C1C3C42. The molecule has 4 heteroatoms. The van der Waals surface area contributed by atoms with Gasteiger partial charge in [0.15, 0.2) is 0 Å². The largest absolute Gasteiger partial charge is 0.342 e. The van der Waals surface area contributed by atoms with Gasteiger partial charge in [0.25, 0.3) is 0 Å². The summed E-state index contributed by atoms with van der Waals surface area (Å²) in [5, 5.41) is 0. The van der Waals surface area contributed by atoms with E-state index in [2.05, 4.69) is 45.1 Å². The van der Waals surface area contributed by atoms with Gasteiger partial charge in [-0.2, -0.15) is 0 Å². The van der Waals surface area contributed by atoms with Crippen molar-refractivity contribution >= 4 is 27.6 Å². The Kier molecular flexibility index (Phi) is 2.54. The third-order valence-corrected chi connectivity index (χ3v) is 9.83. The molecule has 1 aromatic carbocycles. The molecule has 134 valence electrons. The zero-order valence-electron chi connectivity index (χ0n) is 14.6. The number of hydrogen-bond donors (Lipinski definition) is 0. The van der Waals surface area contributed by atoms with Crippen molar-refractivity contribution in [1.29, 1.82) is 0 Å². The molecule has 6 saturated carbocycles. The summed E-state index contributed by atoms with van der Waals surface area (Å²) in [6.07, 6.45) is 3.35. The molecule has 8 unspecified atom stereocenters. The Morgan fingerprint density at radius 3 is 2.69 bits per heavy atom. The molecule has 1 heterocycles. The van der Waals surface area contributed by atoms with E-state index in [9.17, 15) is 9.59 Å². The predicted octanol–water partition coefficient (Wildman–Crippen LogP) is 3.48. The Balaban J connectivity index is 1.12. The number of rotatable bonds is 2. The fraction of sp³-hybridized carbons (Fsp3) is 0.636. The van der Waals surface area contributed by atoms with Crippen molar-refractivity contribution in [2.75, 3.05) is 13.1 Å². The molecule has 0 spiro atoms. The summed E-state index contributed by atoms with van der Waals surface area (Å²) in [7, 11) is 0. The van der Waals surface area contributed by atoms with Crippen LogP contribution in [0.15, 0.2) is 28.7 Å². The van der Waals surface area contributed by atoms with Crippen molar-refractivity contribution in [2.45, 2.75) is 25.2 Å². The van der Waals surface area contributed by atoms with Gasteiger partial charge >= 0.3 is 0 Å². The van der Waals surface area contributed by atoms with Crippen LogP contribution in [0.5, 0.6) is 0 Å². The second-order valence-corrected chi connectivity index (χ2v) is 10.6. The Morgan fingerprint density at radius 1 is 1.15 bits per heavy atom. The molecule has 1 aromatic rings. The number of benzene rings is 1. The van der Waals surface area contributed by atoms with Crippen molar-refractivity contribution < 1.29 is 9.59 Å². The number of carbonyl (C=O) groups is 2. The van der Waals surface area contributed by atoms with E-state index in [4.69, 9.17) is 0 Å². The number of likely N-dealkylation sites (tertiary alicyclic amines) is 1. The van der Waals surface area contributed by atoms with Crippen LogP contribution in [0.25, 0.3) is 0 Å². The van der Waals surface area contributed by atoms with Crippen molar-refractivity contribution in [3.05, 3.63) is 34.3 Å². The molecule has 0 N–H and O–H groups in total. The maximum absolute atomic E-state index is 13.6. The molecule has 1 saturated heterocycles. The van der Waals surface area contributed by atoms with Gasteiger partial charge in [-0.3, -0.25) is 9.59 Å². The molecule has 26 heavy (non-hydrogen) atoms. The van der Waals surface area contributed by atoms with E-state index in [-0.39, 0.29) is 17.3 Å². The number of Topliss-reactive ketones (excluding diaryl/α,β-unsaturated/α-hetero) is 1. The molecule has 1 amide bonds. The Bertz CT molecular complexity index is 875. The first kappa shape index (κ1) is 14.8. The molecule has 7 aliphatic rings. The first-order valence-corrected chi connectivity index (χ1v) is 11.0. The van der Waals surface area contributed by atoms with E-state index in [1.807, 2.05) is 0 Å². The summed E-state index contributed by atoms with van der Waals surface area (Å²) in [5.41, 5.74) is 1.17. The zero-order chi connectivity index (χ0) is 17.4. The number of piperidine rings is 1. The predicted molar refractivity (Wildman–Crippen MR) is 99.2 cm³/mol. The van der Waals surface area contributed by atoms with Crippen molar-refractivity contribution in [3.8, 4) is 0 Å². The van der Waals surface area contributed by atoms with Crippen molar-refractivity contribution in [3.63, 3.8) is 0 Å². The highest BCUT2D eigenvalue weighted by Crippen LogP contribution is 2.93. The molecule has 1 aliphatic heterocycles. The minimum Gasteiger partial charge on any atom is -0.342 e. The molecular formula is C22H22BrNO2. The number of halogens is 1. The molecule has 3 nitrogen and oxygen atoms in total. The van der Waals surface area contributed by atoms with E-state index >= 15 is 0 Å². The van der Waals surface area contributed by atoms with Gasteiger partial charge in [-0.15, -0.1) is 0 Å². The maximum Gasteiger partial charge on any atom is 0.230 e. The van der Waals surface area contributed by atoms with E-state index in [0.717, 1.165) is 36.3 Å². The standard InChI is InChI=1S/C22H22BrNO2/c23-12-3-1-2-11(8-12)10-4-6-24(7-5-10)21(26)22-17-14-9-13-15(17)19(22)20(25)16(13)18(14)22/h1-3,8,10,13-19H,4-7,9H2. The van der Waals surface area contributed by atoms with Crippen LogP contribution in [-0.4, -0.2) is 29.7 Å². The van der Waals surface area contributed by atoms with Crippen LogP contribution in [0, 0.1) is 46.8 Å². The summed E-state index contributed by atoms with van der Waals surface area (Å²) >= 11 is 3.57. The van der Waals surface area contributed by atoms with Crippen LogP contribution in [0.2, 0.25) is 0 Å². The first-order valence-electron chi connectivity index (χ1n) is 10.2. The lowest BCUT2D eigenvalue weighted by molar-refractivity contribution is -0.256.